The van der Waals surface area contributed by atoms with Crippen molar-refractivity contribution in [2.75, 3.05) is 20.2 Å². The maximum atomic E-state index is 11.8. The molecule has 1 atom stereocenters. The molecular weight excluding hydrogens is 220 g/mol. The average molecular weight is 240 g/mol. The fourth-order valence-electron chi connectivity index (χ4n) is 1.99. The van der Waals surface area contributed by atoms with Crippen LogP contribution in [0.3, 0.4) is 0 Å². The van der Waals surface area contributed by atoms with Crippen molar-refractivity contribution < 1.29 is 14.4 Å². The number of aryl methyl sites for hydroxylation is 2. The fourth-order valence-corrected chi connectivity index (χ4v) is 1.99. The highest BCUT2D eigenvalue weighted by atomic mass is 16.5. The Balaban J connectivity index is 2.66. The number of carbonyl (C=O) groups excluding carboxylic acids is 1. The summed E-state index contributed by atoms with van der Waals surface area (Å²) in [6, 6.07) is 0. The minimum Gasteiger partial charge on any atom is -0.395 e. The third-order valence-corrected chi connectivity index (χ3v) is 2.92. The number of aliphatic hydroxyl groups excluding tert-OH is 1. The Kier molecular flexibility index (Phi) is 4.69. The Labute approximate surface area is 101 Å². The van der Waals surface area contributed by atoms with Gasteiger partial charge in [-0.1, -0.05) is 12.1 Å². The first-order valence-corrected chi connectivity index (χ1v) is 5.75. The molecule has 1 heterocycles. The molecule has 17 heavy (non-hydrogen) atoms. The van der Waals surface area contributed by atoms with Crippen LogP contribution in [0.1, 0.15) is 36.3 Å². The lowest BCUT2D eigenvalue weighted by Crippen LogP contribution is -2.30. The number of rotatable bonds is 5. The monoisotopic (exact) mass is 240 g/mol. The summed E-state index contributed by atoms with van der Waals surface area (Å²) in [5, 5.41) is 12.7. The van der Waals surface area contributed by atoms with Crippen LogP contribution in [0, 0.1) is 13.8 Å². The smallest absolute Gasteiger partial charge is 0.222 e. The van der Waals surface area contributed by atoms with Gasteiger partial charge in [0.1, 0.15) is 5.76 Å². The predicted molar refractivity (Wildman–Crippen MR) is 63.7 cm³/mol. The van der Waals surface area contributed by atoms with Gasteiger partial charge in [-0.2, -0.15) is 0 Å². The van der Waals surface area contributed by atoms with E-state index in [1.807, 2.05) is 20.8 Å². The van der Waals surface area contributed by atoms with Gasteiger partial charge in [0.2, 0.25) is 5.91 Å². The summed E-state index contributed by atoms with van der Waals surface area (Å²) in [5.41, 5.74) is 1.85. The third kappa shape index (κ3) is 3.30. The Morgan fingerprint density at radius 1 is 1.53 bits per heavy atom. The van der Waals surface area contributed by atoms with Gasteiger partial charge >= 0.3 is 0 Å². The second-order valence-electron chi connectivity index (χ2n) is 4.38. The van der Waals surface area contributed by atoms with E-state index in [0.29, 0.717) is 13.0 Å². The van der Waals surface area contributed by atoms with Crippen molar-refractivity contribution in [3.8, 4) is 0 Å². The second kappa shape index (κ2) is 5.82. The molecule has 0 aromatic carbocycles. The molecule has 5 nitrogen and oxygen atoms in total. The molecule has 0 spiro atoms. The summed E-state index contributed by atoms with van der Waals surface area (Å²) < 4.78 is 5.09. The molecule has 0 radical (unpaired) electrons. The van der Waals surface area contributed by atoms with Crippen LogP contribution in [0.15, 0.2) is 4.52 Å². The normalized spacial score (nSPS) is 12.5. The number of nitrogens with zero attached hydrogens (tertiary/aromatic N) is 2. The quantitative estimate of drug-likeness (QED) is 0.840. The standard InChI is InChI=1S/C12H20N2O3/c1-8(7-11(16)14(4)5-6-15)12-9(2)13-17-10(12)3/h8,15H,5-7H2,1-4H3. The molecule has 1 aromatic heterocycles. The summed E-state index contributed by atoms with van der Waals surface area (Å²) in [4.78, 5) is 13.4. The average Bonchev–Trinajstić information content (AvgIpc) is 2.58. The van der Waals surface area contributed by atoms with E-state index >= 15 is 0 Å². The van der Waals surface area contributed by atoms with Crippen LogP contribution < -0.4 is 0 Å². The van der Waals surface area contributed by atoms with Crippen molar-refractivity contribution in [2.45, 2.75) is 33.1 Å². The topological polar surface area (TPSA) is 66.6 Å². The SMILES string of the molecule is Cc1noc(C)c1C(C)CC(=O)N(C)CCO. The van der Waals surface area contributed by atoms with E-state index in [2.05, 4.69) is 5.16 Å². The summed E-state index contributed by atoms with van der Waals surface area (Å²) in [6.45, 7) is 6.07. The van der Waals surface area contributed by atoms with Crippen molar-refractivity contribution in [3.05, 3.63) is 17.0 Å². The molecule has 0 aliphatic heterocycles. The van der Waals surface area contributed by atoms with E-state index < -0.39 is 0 Å². The number of hydrogen-bond acceptors (Lipinski definition) is 4. The van der Waals surface area contributed by atoms with Crippen LogP contribution in [0.4, 0.5) is 0 Å². The van der Waals surface area contributed by atoms with Crippen LogP contribution in [-0.2, 0) is 4.79 Å². The highest BCUT2D eigenvalue weighted by molar-refractivity contribution is 5.76. The first-order valence-electron chi connectivity index (χ1n) is 5.75. The lowest BCUT2D eigenvalue weighted by Gasteiger charge is -2.18. The molecule has 0 aliphatic carbocycles. The fraction of sp³-hybridized carbons (Fsp3) is 0.667. The first-order chi connectivity index (χ1) is 7.97. The van der Waals surface area contributed by atoms with Gasteiger partial charge in [-0.15, -0.1) is 0 Å². The predicted octanol–water partition coefficient (Wildman–Crippen LogP) is 1.24. The lowest BCUT2D eigenvalue weighted by molar-refractivity contribution is -0.130. The zero-order chi connectivity index (χ0) is 13.0. The second-order valence-corrected chi connectivity index (χ2v) is 4.38. The number of aliphatic hydroxyl groups is 1. The molecule has 96 valence electrons. The third-order valence-electron chi connectivity index (χ3n) is 2.92. The minimum absolute atomic E-state index is 0.0120. The molecule has 1 amide bonds. The number of likely N-dealkylation sites (N-methyl/N-ethyl adjacent to an activating group) is 1. The summed E-state index contributed by atoms with van der Waals surface area (Å²) in [6.07, 6.45) is 0.402. The van der Waals surface area contributed by atoms with Crippen molar-refractivity contribution in [1.29, 1.82) is 0 Å². The van der Waals surface area contributed by atoms with E-state index in [-0.39, 0.29) is 18.4 Å². The Hall–Kier alpha value is -1.36. The van der Waals surface area contributed by atoms with Crippen LogP contribution in [-0.4, -0.2) is 41.3 Å². The van der Waals surface area contributed by atoms with Crippen LogP contribution in [0.5, 0.6) is 0 Å². The van der Waals surface area contributed by atoms with Gasteiger partial charge in [0, 0.05) is 25.6 Å². The van der Waals surface area contributed by atoms with Crippen molar-refractivity contribution in [3.63, 3.8) is 0 Å². The van der Waals surface area contributed by atoms with Crippen molar-refractivity contribution in [1.82, 2.24) is 10.1 Å². The van der Waals surface area contributed by atoms with Gasteiger partial charge in [0.05, 0.1) is 12.3 Å². The molecule has 1 unspecified atom stereocenters. The largest absolute Gasteiger partial charge is 0.395 e. The number of hydrogen-bond donors (Lipinski definition) is 1. The van der Waals surface area contributed by atoms with Gasteiger partial charge in [-0.05, 0) is 19.8 Å². The number of aromatic nitrogens is 1. The Morgan fingerprint density at radius 2 is 2.18 bits per heavy atom. The lowest BCUT2D eigenvalue weighted by atomic mass is 9.96. The molecule has 0 aliphatic rings. The number of amides is 1. The first kappa shape index (κ1) is 13.7. The zero-order valence-electron chi connectivity index (χ0n) is 10.9. The molecular formula is C12H20N2O3. The van der Waals surface area contributed by atoms with Gasteiger partial charge in [0.25, 0.3) is 0 Å². The molecule has 1 N–H and O–H groups in total. The highest BCUT2D eigenvalue weighted by Crippen LogP contribution is 2.26. The summed E-state index contributed by atoms with van der Waals surface area (Å²) >= 11 is 0. The van der Waals surface area contributed by atoms with Gasteiger partial charge < -0.3 is 14.5 Å². The maximum absolute atomic E-state index is 11.8. The minimum atomic E-state index is -0.0120. The van der Waals surface area contributed by atoms with Gasteiger partial charge in [0.15, 0.2) is 0 Å². The molecule has 1 aromatic rings. The van der Waals surface area contributed by atoms with E-state index in [0.717, 1.165) is 17.0 Å². The molecule has 0 saturated heterocycles. The van der Waals surface area contributed by atoms with Gasteiger partial charge in [-0.3, -0.25) is 4.79 Å². The molecule has 0 fully saturated rings. The Bertz CT molecular complexity index is 368. The summed E-state index contributed by atoms with van der Waals surface area (Å²) in [5.74, 6) is 0.869. The van der Waals surface area contributed by atoms with Crippen molar-refractivity contribution >= 4 is 5.91 Å². The van der Waals surface area contributed by atoms with Crippen LogP contribution >= 0.6 is 0 Å². The zero-order valence-corrected chi connectivity index (χ0v) is 10.9. The van der Waals surface area contributed by atoms with Crippen LogP contribution in [0.25, 0.3) is 0 Å². The molecule has 0 bridgehead atoms. The van der Waals surface area contributed by atoms with E-state index in [1.54, 1.807) is 7.05 Å². The van der Waals surface area contributed by atoms with E-state index in [1.165, 1.54) is 4.90 Å². The molecule has 5 heteroatoms. The van der Waals surface area contributed by atoms with Crippen LogP contribution in [0.2, 0.25) is 0 Å². The van der Waals surface area contributed by atoms with Gasteiger partial charge in [-0.25, -0.2) is 0 Å². The van der Waals surface area contributed by atoms with E-state index in [9.17, 15) is 4.79 Å². The molecule has 1 rings (SSSR count). The Morgan fingerprint density at radius 3 is 2.65 bits per heavy atom. The molecule has 0 saturated carbocycles. The maximum Gasteiger partial charge on any atom is 0.222 e. The number of carbonyl (C=O) groups is 1. The van der Waals surface area contributed by atoms with Crippen molar-refractivity contribution in [2.24, 2.45) is 0 Å². The summed E-state index contributed by atoms with van der Waals surface area (Å²) in [7, 11) is 1.69. The highest BCUT2D eigenvalue weighted by Gasteiger charge is 2.20. The van der Waals surface area contributed by atoms with E-state index in [4.69, 9.17) is 9.63 Å².